The zero-order chi connectivity index (χ0) is 12.4. The van der Waals surface area contributed by atoms with Crippen molar-refractivity contribution >= 4 is 22.8 Å². The van der Waals surface area contributed by atoms with Crippen molar-refractivity contribution in [2.45, 2.75) is 0 Å². The Morgan fingerprint density at radius 3 is 2.78 bits per heavy atom. The van der Waals surface area contributed by atoms with Gasteiger partial charge in [-0.1, -0.05) is 12.1 Å². The van der Waals surface area contributed by atoms with E-state index >= 15 is 0 Å². The van der Waals surface area contributed by atoms with E-state index in [0.717, 1.165) is 16.9 Å². The lowest BCUT2D eigenvalue weighted by atomic mass is 10.3. The van der Waals surface area contributed by atoms with Crippen LogP contribution in [0.15, 0.2) is 53.9 Å². The van der Waals surface area contributed by atoms with Crippen LogP contribution in [0.3, 0.4) is 0 Å². The largest absolute Gasteiger partial charge is 0.283 e. The summed E-state index contributed by atoms with van der Waals surface area (Å²) in [6.07, 6.45) is 4.72. The monoisotopic (exact) mass is 236 g/mol. The van der Waals surface area contributed by atoms with Gasteiger partial charge in [0.15, 0.2) is 0 Å². The third-order valence-corrected chi connectivity index (χ3v) is 2.61. The third-order valence-electron chi connectivity index (χ3n) is 2.61. The van der Waals surface area contributed by atoms with Crippen LogP contribution in [0.5, 0.6) is 0 Å². The molecule has 2 aromatic heterocycles. The first-order valence-corrected chi connectivity index (χ1v) is 5.35. The van der Waals surface area contributed by atoms with Crippen LogP contribution in [0, 0.1) is 0 Å². The fraction of sp³-hybridized carbons (Fsp3) is 0. The number of imidazole rings is 1. The van der Waals surface area contributed by atoms with Gasteiger partial charge in [-0.25, -0.2) is 14.8 Å². The number of aromatic nitrogens is 3. The van der Waals surface area contributed by atoms with Crippen molar-refractivity contribution in [3.63, 3.8) is 0 Å². The predicted molar refractivity (Wildman–Crippen MR) is 66.6 cm³/mol. The molecule has 0 radical (unpaired) electrons. The topological polar surface area (TPSA) is 60.1 Å². The van der Waals surface area contributed by atoms with Gasteiger partial charge in [0.1, 0.15) is 12.1 Å². The fourth-order valence-electron chi connectivity index (χ4n) is 1.78. The molecule has 5 nitrogen and oxygen atoms in total. The van der Waals surface area contributed by atoms with Gasteiger partial charge < -0.3 is 0 Å². The first-order valence-electron chi connectivity index (χ1n) is 5.35. The predicted octanol–water partition coefficient (Wildman–Crippen LogP) is 2.39. The molecule has 3 rings (SSSR count). The molecule has 1 aromatic carbocycles. The average molecular weight is 236 g/mol. The van der Waals surface area contributed by atoms with E-state index in [1.54, 1.807) is 18.5 Å². The molecule has 86 valence electrons. The van der Waals surface area contributed by atoms with E-state index in [4.69, 9.17) is 0 Å². The molecule has 0 aliphatic carbocycles. The van der Waals surface area contributed by atoms with Crippen LogP contribution in [0.2, 0.25) is 0 Å². The van der Waals surface area contributed by atoms with E-state index in [1.807, 2.05) is 28.8 Å². The van der Waals surface area contributed by atoms with Crippen LogP contribution in [0.1, 0.15) is 0 Å². The number of pyridine rings is 1. The Balaban J connectivity index is 2.11. The molecule has 0 fully saturated rings. The highest BCUT2D eigenvalue weighted by Crippen LogP contribution is 2.18. The molecule has 0 aliphatic heterocycles. The fourth-order valence-corrected chi connectivity index (χ4v) is 1.78. The van der Waals surface area contributed by atoms with Crippen LogP contribution in [0.4, 0.5) is 5.69 Å². The second-order valence-electron chi connectivity index (χ2n) is 3.68. The number of aliphatic imine (C=N–C) groups is 1. The highest BCUT2D eigenvalue weighted by molar-refractivity contribution is 5.76. The molecular formula is C13H8N4O. The highest BCUT2D eigenvalue weighted by atomic mass is 16.1. The Kier molecular flexibility index (Phi) is 2.44. The van der Waals surface area contributed by atoms with E-state index in [1.165, 1.54) is 12.3 Å². The molecule has 0 saturated heterocycles. The molecule has 0 bridgehead atoms. The van der Waals surface area contributed by atoms with E-state index in [9.17, 15) is 4.79 Å². The van der Waals surface area contributed by atoms with Gasteiger partial charge in [0.25, 0.3) is 0 Å². The molecule has 0 N–H and O–H groups in total. The van der Waals surface area contributed by atoms with Crippen LogP contribution in [-0.4, -0.2) is 20.6 Å². The summed E-state index contributed by atoms with van der Waals surface area (Å²) in [5.41, 5.74) is 2.38. The Bertz CT molecular complexity index is 739. The summed E-state index contributed by atoms with van der Waals surface area (Å²) in [5.74, 6) is 0.730. The lowest BCUT2D eigenvalue weighted by Crippen LogP contribution is -1.94. The first-order chi connectivity index (χ1) is 8.88. The van der Waals surface area contributed by atoms with Gasteiger partial charge in [0.05, 0.1) is 22.9 Å². The Morgan fingerprint density at radius 1 is 1.11 bits per heavy atom. The number of benzene rings is 1. The maximum atomic E-state index is 10.1. The molecular weight excluding hydrogens is 228 g/mol. The molecule has 18 heavy (non-hydrogen) atoms. The summed E-state index contributed by atoms with van der Waals surface area (Å²) >= 11 is 0. The van der Waals surface area contributed by atoms with Gasteiger partial charge in [-0.05, 0) is 24.3 Å². The molecule has 5 heteroatoms. The average Bonchev–Trinajstić information content (AvgIpc) is 2.84. The van der Waals surface area contributed by atoms with Crippen molar-refractivity contribution in [3.05, 3.63) is 48.9 Å². The molecule has 0 atom stereocenters. The van der Waals surface area contributed by atoms with E-state index in [2.05, 4.69) is 15.0 Å². The van der Waals surface area contributed by atoms with E-state index < -0.39 is 0 Å². The van der Waals surface area contributed by atoms with Gasteiger partial charge in [-0.15, -0.1) is 0 Å². The second-order valence-corrected chi connectivity index (χ2v) is 3.68. The summed E-state index contributed by atoms with van der Waals surface area (Å²) in [7, 11) is 0. The minimum atomic E-state index is 0.484. The summed E-state index contributed by atoms with van der Waals surface area (Å²) in [5, 5.41) is 0. The summed E-state index contributed by atoms with van der Waals surface area (Å²) in [6.45, 7) is 0. The number of hydrogen-bond donors (Lipinski definition) is 0. The van der Waals surface area contributed by atoms with Crippen molar-refractivity contribution in [2.75, 3.05) is 0 Å². The minimum Gasteiger partial charge on any atom is -0.283 e. The number of nitrogens with zero attached hydrogens (tertiary/aromatic N) is 4. The summed E-state index contributed by atoms with van der Waals surface area (Å²) in [6, 6.07) is 11.3. The quantitative estimate of drug-likeness (QED) is 0.507. The Hall–Kier alpha value is -2.78. The zero-order valence-corrected chi connectivity index (χ0v) is 9.32. The first kappa shape index (κ1) is 10.4. The normalized spacial score (nSPS) is 10.2. The highest BCUT2D eigenvalue weighted by Gasteiger charge is 2.04. The SMILES string of the molecule is O=C=Nc1ccc(-n2cnc3ccccc32)nc1. The summed E-state index contributed by atoms with van der Waals surface area (Å²) < 4.78 is 1.88. The Morgan fingerprint density at radius 2 is 2.00 bits per heavy atom. The van der Waals surface area contributed by atoms with E-state index in [0.29, 0.717) is 5.69 Å². The van der Waals surface area contributed by atoms with Crippen LogP contribution in [0.25, 0.3) is 16.9 Å². The number of carbonyl (C=O) groups excluding carboxylic acids is 1. The smallest absolute Gasteiger partial charge is 0.240 e. The number of para-hydroxylation sites is 2. The second kappa shape index (κ2) is 4.24. The lowest BCUT2D eigenvalue weighted by molar-refractivity contribution is 0.565. The maximum Gasteiger partial charge on any atom is 0.240 e. The van der Waals surface area contributed by atoms with Gasteiger partial charge >= 0.3 is 0 Å². The van der Waals surface area contributed by atoms with Crippen molar-refractivity contribution < 1.29 is 4.79 Å². The van der Waals surface area contributed by atoms with Crippen molar-refractivity contribution in [3.8, 4) is 5.82 Å². The van der Waals surface area contributed by atoms with E-state index in [-0.39, 0.29) is 0 Å². The number of rotatable bonds is 2. The van der Waals surface area contributed by atoms with Crippen molar-refractivity contribution in [1.82, 2.24) is 14.5 Å². The molecule has 0 saturated carbocycles. The molecule has 3 aromatic rings. The number of hydrogen-bond acceptors (Lipinski definition) is 4. The van der Waals surface area contributed by atoms with Crippen LogP contribution < -0.4 is 0 Å². The summed E-state index contributed by atoms with van der Waals surface area (Å²) in [4.78, 5) is 22.2. The third kappa shape index (κ3) is 1.69. The number of isocyanates is 1. The molecule has 0 spiro atoms. The molecule has 0 unspecified atom stereocenters. The van der Waals surface area contributed by atoms with Gasteiger partial charge in [0, 0.05) is 0 Å². The maximum absolute atomic E-state index is 10.1. The van der Waals surface area contributed by atoms with Crippen LogP contribution in [-0.2, 0) is 4.79 Å². The molecule has 2 heterocycles. The zero-order valence-electron chi connectivity index (χ0n) is 9.32. The van der Waals surface area contributed by atoms with Gasteiger partial charge in [-0.3, -0.25) is 4.57 Å². The molecule has 0 aliphatic rings. The lowest BCUT2D eigenvalue weighted by Gasteiger charge is -2.02. The Labute approximate surface area is 102 Å². The number of fused-ring (bicyclic) bond motifs is 1. The minimum absolute atomic E-state index is 0.484. The van der Waals surface area contributed by atoms with Crippen molar-refractivity contribution in [1.29, 1.82) is 0 Å². The molecule has 0 amide bonds. The van der Waals surface area contributed by atoms with Gasteiger partial charge in [0.2, 0.25) is 6.08 Å². The standard InChI is InChI=1S/C13H8N4O/c18-9-16-10-5-6-13(14-7-10)17-8-15-11-3-1-2-4-12(11)17/h1-8H. The van der Waals surface area contributed by atoms with Crippen LogP contribution >= 0.6 is 0 Å². The van der Waals surface area contributed by atoms with Gasteiger partial charge in [-0.2, -0.15) is 4.99 Å². The van der Waals surface area contributed by atoms with Crippen molar-refractivity contribution in [2.24, 2.45) is 4.99 Å².